The van der Waals surface area contributed by atoms with Gasteiger partial charge in [-0.05, 0) is 38.2 Å². The molecule has 154 valence electrons. The van der Waals surface area contributed by atoms with Crippen molar-refractivity contribution in [1.82, 2.24) is 24.5 Å². The van der Waals surface area contributed by atoms with Gasteiger partial charge in [0.1, 0.15) is 11.6 Å². The van der Waals surface area contributed by atoms with Gasteiger partial charge in [0, 0.05) is 38.6 Å². The highest BCUT2D eigenvalue weighted by atomic mass is 16.2. The zero-order chi connectivity index (χ0) is 20.5. The van der Waals surface area contributed by atoms with Crippen molar-refractivity contribution in [2.75, 3.05) is 26.2 Å². The van der Waals surface area contributed by atoms with Gasteiger partial charge in [0.15, 0.2) is 0 Å². The molecule has 8 nitrogen and oxygen atoms in total. The van der Waals surface area contributed by atoms with Crippen LogP contribution in [0.15, 0.2) is 18.5 Å². The summed E-state index contributed by atoms with van der Waals surface area (Å²) in [6.45, 7) is 9.79. The molecule has 0 aromatic carbocycles. The molecule has 0 bridgehead atoms. The molecule has 2 aliphatic rings. The van der Waals surface area contributed by atoms with E-state index in [0.29, 0.717) is 45.4 Å². The predicted octanol–water partition coefficient (Wildman–Crippen LogP) is 2.14. The van der Waals surface area contributed by atoms with Crippen molar-refractivity contribution in [1.29, 1.82) is 0 Å². The highest BCUT2D eigenvalue weighted by molar-refractivity contribution is 6.07. The molecule has 4 amide bonds. The van der Waals surface area contributed by atoms with Crippen LogP contribution in [0.25, 0.3) is 0 Å². The fourth-order valence-corrected chi connectivity index (χ4v) is 4.41. The molecule has 0 saturated carbocycles. The van der Waals surface area contributed by atoms with E-state index in [1.807, 2.05) is 24.8 Å². The van der Waals surface area contributed by atoms with E-state index in [1.54, 1.807) is 22.0 Å². The Labute approximate surface area is 166 Å². The van der Waals surface area contributed by atoms with Gasteiger partial charge in [0.05, 0.1) is 0 Å². The maximum atomic E-state index is 13.1. The van der Waals surface area contributed by atoms with Gasteiger partial charge in [0.2, 0.25) is 5.91 Å². The fraction of sp³-hybridized carbons (Fsp3) is 0.700. The molecule has 28 heavy (non-hydrogen) atoms. The van der Waals surface area contributed by atoms with Crippen LogP contribution in [0, 0.1) is 5.92 Å². The number of likely N-dealkylation sites (N-methyl/N-ethyl adjacent to an activating group) is 1. The maximum Gasteiger partial charge on any atom is 0.327 e. The molecule has 2 fully saturated rings. The van der Waals surface area contributed by atoms with Crippen LogP contribution in [0.1, 0.15) is 53.0 Å². The van der Waals surface area contributed by atoms with E-state index in [0.717, 1.165) is 0 Å². The molecule has 0 radical (unpaired) electrons. The van der Waals surface area contributed by atoms with Crippen molar-refractivity contribution in [2.45, 2.75) is 58.5 Å². The Kier molecular flexibility index (Phi) is 5.76. The minimum Gasteiger partial charge on any atom is -0.341 e. The van der Waals surface area contributed by atoms with Crippen molar-refractivity contribution in [3.05, 3.63) is 18.5 Å². The minimum atomic E-state index is -0.804. The third kappa shape index (κ3) is 3.29. The quantitative estimate of drug-likeness (QED) is 0.698. The Morgan fingerprint density at radius 2 is 1.89 bits per heavy atom. The zero-order valence-corrected chi connectivity index (χ0v) is 17.3. The lowest BCUT2D eigenvalue weighted by atomic mass is 9.85. The van der Waals surface area contributed by atoms with Crippen LogP contribution in [-0.2, 0) is 9.59 Å². The largest absolute Gasteiger partial charge is 0.341 e. The number of rotatable bonds is 6. The van der Waals surface area contributed by atoms with Crippen LogP contribution >= 0.6 is 0 Å². The summed E-state index contributed by atoms with van der Waals surface area (Å²) in [4.78, 5) is 43.9. The Balaban J connectivity index is 1.77. The second-order valence-electron chi connectivity index (χ2n) is 8.10. The molecule has 1 aromatic heterocycles. The molecular weight excluding hydrogens is 358 g/mol. The van der Waals surface area contributed by atoms with E-state index in [-0.39, 0.29) is 29.8 Å². The fourth-order valence-electron chi connectivity index (χ4n) is 4.41. The van der Waals surface area contributed by atoms with Crippen LogP contribution in [-0.4, -0.2) is 74.0 Å². The molecule has 3 rings (SSSR count). The molecule has 3 heterocycles. The van der Waals surface area contributed by atoms with Gasteiger partial charge in [-0.2, -0.15) is 5.10 Å². The average molecular weight is 390 g/mol. The number of carbonyl (C=O) groups excluding carboxylic acids is 3. The lowest BCUT2D eigenvalue weighted by Crippen LogP contribution is -2.58. The highest BCUT2D eigenvalue weighted by Crippen LogP contribution is 2.38. The van der Waals surface area contributed by atoms with Crippen LogP contribution in [0.3, 0.4) is 0 Å². The Morgan fingerprint density at radius 1 is 1.21 bits per heavy atom. The average Bonchev–Trinajstić information content (AvgIpc) is 3.26. The minimum absolute atomic E-state index is 0.0283. The second kappa shape index (κ2) is 7.93. The summed E-state index contributed by atoms with van der Waals surface area (Å²) in [6, 6.07) is 1.29. The first-order valence-electron chi connectivity index (χ1n) is 10.3. The molecule has 1 spiro atoms. The predicted molar refractivity (Wildman–Crippen MR) is 104 cm³/mol. The highest BCUT2D eigenvalue weighted by Gasteiger charge is 2.57. The third-order valence-electron chi connectivity index (χ3n) is 5.90. The first kappa shape index (κ1) is 20.4. The van der Waals surface area contributed by atoms with Gasteiger partial charge in [-0.25, -0.2) is 4.79 Å². The summed E-state index contributed by atoms with van der Waals surface area (Å²) in [5, 5.41) is 4.22. The standard InChI is InChI=1S/C20H31N5O3/c1-5-16(25-11-7-10-21-25)17(26)22-12-8-20(9-13-22)18(27)23(6-2)19(28)24(20)14-15(3)4/h7,10-11,15-16H,5-6,8-9,12-14H2,1-4H3. The van der Waals surface area contributed by atoms with E-state index >= 15 is 0 Å². The first-order chi connectivity index (χ1) is 13.4. The number of likely N-dealkylation sites (tertiary alicyclic amines) is 1. The van der Waals surface area contributed by atoms with Crippen LogP contribution in [0.2, 0.25) is 0 Å². The van der Waals surface area contributed by atoms with E-state index in [1.165, 1.54) is 4.90 Å². The summed E-state index contributed by atoms with van der Waals surface area (Å²) >= 11 is 0. The Hall–Kier alpha value is -2.38. The molecule has 8 heteroatoms. The van der Waals surface area contributed by atoms with Crippen molar-refractivity contribution < 1.29 is 14.4 Å². The number of carbonyl (C=O) groups is 3. The van der Waals surface area contributed by atoms with Crippen LogP contribution in [0.4, 0.5) is 4.79 Å². The number of imide groups is 1. The van der Waals surface area contributed by atoms with E-state index < -0.39 is 5.54 Å². The lowest BCUT2D eigenvalue weighted by Gasteiger charge is -2.43. The van der Waals surface area contributed by atoms with Gasteiger partial charge in [-0.3, -0.25) is 19.2 Å². The molecule has 0 N–H and O–H groups in total. The van der Waals surface area contributed by atoms with Gasteiger partial charge in [0.25, 0.3) is 5.91 Å². The van der Waals surface area contributed by atoms with E-state index in [9.17, 15) is 14.4 Å². The maximum absolute atomic E-state index is 13.1. The van der Waals surface area contributed by atoms with Gasteiger partial charge < -0.3 is 9.80 Å². The zero-order valence-electron chi connectivity index (χ0n) is 17.3. The lowest BCUT2D eigenvalue weighted by molar-refractivity contribution is -0.143. The summed E-state index contributed by atoms with van der Waals surface area (Å²) in [6.07, 6.45) is 5.11. The van der Waals surface area contributed by atoms with Gasteiger partial charge >= 0.3 is 6.03 Å². The van der Waals surface area contributed by atoms with Crippen molar-refractivity contribution in [3.63, 3.8) is 0 Å². The second-order valence-corrected chi connectivity index (χ2v) is 8.10. The van der Waals surface area contributed by atoms with Crippen molar-refractivity contribution in [2.24, 2.45) is 5.92 Å². The summed E-state index contributed by atoms with van der Waals surface area (Å²) in [5.74, 6) is 0.196. The number of hydrogen-bond donors (Lipinski definition) is 0. The summed E-state index contributed by atoms with van der Waals surface area (Å²) in [5.41, 5.74) is -0.804. The smallest absolute Gasteiger partial charge is 0.327 e. The number of aromatic nitrogens is 2. The summed E-state index contributed by atoms with van der Waals surface area (Å²) < 4.78 is 1.70. The molecule has 0 aliphatic carbocycles. The molecule has 1 aromatic rings. The SMILES string of the molecule is CCC(C(=O)N1CCC2(CC1)C(=O)N(CC)C(=O)N2CC(C)C)n1cccn1. The van der Waals surface area contributed by atoms with E-state index in [4.69, 9.17) is 0 Å². The number of hydrogen-bond acceptors (Lipinski definition) is 4. The molecular formula is C20H31N5O3. The molecule has 1 unspecified atom stereocenters. The molecule has 2 saturated heterocycles. The number of piperidine rings is 1. The van der Waals surface area contributed by atoms with Crippen LogP contribution < -0.4 is 0 Å². The Bertz CT molecular complexity index is 722. The molecule has 2 aliphatic heterocycles. The number of amides is 4. The van der Waals surface area contributed by atoms with Crippen molar-refractivity contribution in [3.8, 4) is 0 Å². The van der Waals surface area contributed by atoms with Crippen LogP contribution in [0.5, 0.6) is 0 Å². The third-order valence-corrected chi connectivity index (χ3v) is 5.90. The number of urea groups is 1. The monoisotopic (exact) mass is 389 g/mol. The van der Waals surface area contributed by atoms with Gasteiger partial charge in [-0.15, -0.1) is 0 Å². The summed E-state index contributed by atoms with van der Waals surface area (Å²) in [7, 11) is 0. The molecule has 1 atom stereocenters. The first-order valence-corrected chi connectivity index (χ1v) is 10.3. The van der Waals surface area contributed by atoms with Crippen molar-refractivity contribution >= 4 is 17.8 Å². The normalized spacial score (nSPS) is 20.5. The van der Waals surface area contributed by atoms with Gasteiger partial charge in [-0.1, -0.05) is 20.8 Å². The number of nitrogens with zero attached hydrogens (tertiary/aromatic N) is 5. The van der Waals surface area contributed by atoms with E-state index in [2.05, 4.69) is 18.9 Å². The Morgan fingerprint density at radius 3 is 2.39 bits per heavy atom. The topological polar surface area (TPSA) is 78.8 Å².